The second-order valence-electron chi connectivity index (χ2n) is 7.39. The van der Waals surface area contributed by atoms with E-state index in [0.717, 1.165) is 29.8 Å². The van der Waals surface area contributed by atoms with Crippen LogP contribution >= 0.6 is 0 Å². The van der Waals surface area contributed by atoms with Crippen molar-refractivity contribution in [2.45, 2.75) is 47.2 Å². The van der Waals surface area contributed by atoms with Crippen LogP contribution in [-0.4, -0.2) is 35.9 Å². The molecule has 0 fully saturated rings. The van der Waals surface area contributed by atoms with Crippen molar-refractivity contribution in [1.82, 2.24) is 15.8 Å². The molecule has 0 unspecified atom stereocenters. The molecule has 0 aliphatic rings. The fourth-order valence-electron chi connectivity index (χ4n) is 2.84. The summed E-state index contributed by atoms with van der Waals surface area (Å²) in [5.74, 6) is -0.177. The molecule has 0 aliphatic carbocycles. The van der Waals surface area contributed by atoms with E-state index in [1.807, 2.05) is 44.2 Å². The Balaban J connectivity index is 1.80. The lowest BCUT2D eigenvalue weighted by Gasteiger charge is -2.24. The number of hydrogen-bond acceptors (Lipinski definition) is 4. The molecule has 0 saturated carbocycles. The molecule has 0 atom stereocenters. The third-order valence-corrected chi connectivity index (χ3v) is 4.90. The molecule has 0 spiro atoms. The van der Waals surface area contributed by atoms with E-state index in [-0.39, 0.29) is 12.5 Å². The SMILES string of the molecule is CCN(Cc1ccc(C(=O)NNC(=O)COc2ccc(C)c(C)c2)cc1)C(C)C. The van der Waals surface area contributed by atoms with Gasteiger partial charge in [0.25, 0.3) is 11.8 Å². The van der Waals surface area contributed by atoms with Crippen molar-refractivity contribution < 1.29 is 14.3 Å². The molecular formula is C23H31N3O3. The van der Waals surface area contributed by atoms with Gasteiger partial charge in [-0.2, -0.15) is 0 Å². The van der Waals surface area contributed by atoms with Gasteiger partial charge in [-0.15, -0.1) is 0 Å². The lowest BCUT2D eigenvalue weighted by atomic mass is 10.1. The van der Waals surface area contributed by atoms with Crippen molar-refractivity contribution in [3.8, 4) is 5.75 Å². The summed E-state index contributed by atoms with van der Waals surface area (Å²) < 4.78 is 5.46. The molecule has 2 amide bonds. The maximum Gasteiger partial charge on any atom is 0.276 e. The zero-order valence-electron chi connectivity index (χ0n) is 17.9. The number of carbonyl (C=O) groups excluding carboxylic acids is 2. The molecule has 2 aromatic carbocycles. The Kier molecular flexibility index (Phi) is 8.21. The maximum atomic E-state index is 12.2. The molecule has 156 valence electrons. The van der Waals surface area contributed by atoms with Crippen LogP contribution in [0.1, 0.15) is 47.8 Å². The van der Waals surface area contributed by atoms with Crippen molar-refractivity contribution in [1.29, 1.82) is 0 Å². The van der Waals surface area contributed by atoms with Crippen LogP contribution in [-0.2, 0) is 11.3 Å². The molecule has 0 aromatic heterocycles. The number of rotatable bonds is 8. The molecule has 2 rings (SSSR count). The van der Waals surface area contributed by atoms with Crippen LogP contribution in [0.2, 0.25) is 0 Å². The third-order valence-electron chi connectivity index (χ3n) is 4.90. The minimum absolute atomic E-state index is 0.177. The Labute approximate surface area is 173 Å². The van der Waals surface area contributed by atoms with E-state index in [1.165, 1.54) is 0 Å². The van der Waals surface area contributed by atoms with E-state index in [4.69, 9.17) is 4.74 Å². The summed E-state index contributed by atoms with van der Waals surface area (Å²) in [6, 6.07) is 13.5. The molecule has 0 heterocycles. The first-order chi connectivity index (χ1) is 13.8. The number of amides is 2. The normalized spacial score (nSPS) is 10.9. The number of carbonyl (C=O) groups is 2. The van der Waals surface area contributed by atoms with Gasteiger partial charge in [-0.1, -0.05) is 25.1 Å². The van der Waals surface area contributed by atoms with E-state index >= 15 is 0 Å². The summed E-state index contributed by atoms with van der Waals surface area (Å²) in [6.45, 7) is 12.1. The lowest BCUT2D eigenvalue weighted by Crippen LogP contribution is -2.43. The first-order valence-electron chi connectivity index (χ1n) is 9.92. The van der Waals surface area contributed by atoms with Crippen molar-refractivity contribution in [3.63, 3.8) is 0 Å². The van der Waals surface area contributed by atoms with Gasteiger partial charge in [0.1, 0.15) is 5.75 Å². The highest BCUT2D eigenvalue weighted by Gasteiger charge is 2.10. The molecule has 0 bridgehead atoms. The van der Waals surface area contributed by atoms with Gasteiger partial charge in [0.2, 0.25) is 0 Å². The van der Waals surface area contributed by atoms with Crippen molar-refractivity contribution >= 4 is 11.8 Å². The number of ether oxygens (including phenoxy) is 1. The van der Waals surface area contributed by atoms with Gasteiger partial charge < -0.3 is 4.74 Å². The number of nitrogens with one attached hydrogen (secondary N) is 2. The molecule has 6 nitrogen and oxygen atoms in total. The minimum Gasteiger partial charge on any atom is -0.484 e. The Bertz CT molecular complexity index is 832. The number of hydrazine groups is 1. The second-order valence-corrected chi connectivity index (χ2v) is 7.39. The highest BCUT2D eigenvalue weighted by Crippen LogP contribution is 2.16. The van der Waals surface area contributed by atoms with Gasteiger partial charge >= 0.3 is 0 Å². The molecule has 0 aliphatic heterocycles. The van der Waals surface area contributed by atoms with Gasteiger partial charge in [-0.25, -0.2) is 0 Å². The zero-order valence-corrected chi connectivity index (χ0v) is 17.9. The van der Waals surface area contributed by atoms with Crippen LogP contribution < -0.4 is 15.6 Å². The average molecular weight is 398 g/mol. The van der Waals surface area contributed by atoms with Crippen LogP contribution in [0.4, 0.5) is 0 Å². The van der Waals surface area contributed by atoms with Crippen LogP contribution in [0.3, 0.4) is 0 Å². The fraction of sp³-hybridized carbons (Fsp3) is 0.391. The van der Waals surface area contributed by atoms with Crippen LogP contribution in [0.25, 0.3) is 0 Å². The average Bonchev–Trinajstić information content (AvgIpc) is 2.71. The fourth-order valence-corrected chi connectivity index (χ4v) is 2.84. The van der Waals surface area contributed by atoms with E-state index in [0.29, 0.717) is 17.4 Å². The number of nitrogens with zero attached hydrogens (tertiary/aromatic N) is 1. The molecule has 29 heavy (non-hydrogen) atoms. The van der Waals surface area contributed by atoms with Crippen LogP contribution in [0.15, 0.2) is 42.5 Å². The quantitative estimate of drug-likeness (QED) is 0.670. The standard InChI is InChI=1S/C23H31N3O3/c1-6-26(16(2)3)14-19-8-10-20(11-9-19)23(28)25-24-22(27)15-29-21-12-7-17(4)18(5)13-21/h7-13,16H,6,14-15H2,1-5H3,(H,24,27)(H,25,28). The highest BCUT2D eigenvalue weighted by atomic mass is 16.5. The molecule has 0 saturated heterocycles. The van der Waals surface area contributed by atoms with E-state index in [1.54, 1.807) is 12.1 Å². The van der Waals surface area contributed by atoms with Crippen LogP contribution in [0.5, 0.6) is 5.75 Å². The number of aryl methyl sites for hydroxylation is 2. The summed E-state index contributed by atoms with van der Waals surface area (Å²) in [6.07, 6.45) is 0. The lowest BCUT2D eigenvalue weighted by molar-refractivity contribution is -0.123. The predicted octanol–water partition coefficient (Wildman–Crippen LogP) is 3.37. The van der Waals surface area contributed by atoms with Gasteiger partial charge in [-0.3, -0.25) is 25.3 Å². The van der Waals surface area contributed by atoms with E-state index in [9.17, 15) is 9.59 Å². The molecule has 2 N–H and O–H groups in total. The highest BCUT2D eigenvalue weighted by molar-refractivity contribution is 5.95. The van der Waals surface area contributed by atoms with Gasteiger partial charge in [0.15, 0.2) is 6.61 Å². The van der Waals surface area contributed by atoms with Gasteiger partial charge in [0.05, 0.1) is 0 Å². The second kappa shape index (κ2) is 10.6. The van der Waals surface area contributed by atoms with Crippen molar-refractivity contribution in [2.75, 3.05) is 13.2 Å². The summed E-state index contributed by atoms with van der Waals surface area (Å²) >= 11 is 0. The monoisotopic (exact) mass is 397 g/mol. The van der Waals surface area contributed by atoms with Crippen molar-refractivity contribution in [3.05, 3.63) is 64.7 Å². The summed E-state index contributed by atoms with van der Waals surface area (Å²) in [4.78, 5) is 26.5. The molecule has 0 radical (unpaired) electrons. The number of hydrogen-bond donors (Lipinski definition) is 2. The predicted molar refractivity (Wildman–Crippen MR) is 115 cm³/mol. The van der Waals surface area contributed by atoms with Crippen molar-refractivity contribution in [2.24, 2.45) is 0 Å². The first kappa shape index (κ1) is 22.4. The minimum atomic E-state index is -0.427. The Morgan fingerprint density at radius 1 is 1.00 bits per heavy atom. The Hall–Kier alpha value is -2.86. The van der Waals surface area contributed by atoms with Crippen LogP contribution in [0, 0.1) is 13.8 Å². The van der Waals surface area contributed by atoms with E-state index in [2.05, 4.69) is 36.5 Å². The van der Waals surface area contributed by atoms with E-state index < -0.39 is 5.91 Å². The summed E-state index contributed by atoms with van der Waals surface area (Å²) in [5, 5.41) is 0. The Morgan fingerprint density at radius 3 is 2.28 bits per heavy atom. The maximum absolute atomic E-state index is 12.2. The topological polar surface area (TPSA) is 70.7 Å². The Morgan fingerprint density at radius 2 is 1.69 bits per heavy atom. The number of benzene rings is 2. The van der Waals surface area contributed by atoms with Gasteiger partial charge in [0, 0.05) is 18.2 Å². The smallest absolute Gasteiger partial charge is 0.276 e. The zero-order chi connectivity index (χ0) is 21.4. The summed E-state index contributed by atoms with van der Waals surface area (Å²) in [5.41, 5.74) is 8.67. The first-order valence-corrected chi connectivity index (χ1v) is 9.92. The molecule has 2 aromatic rings. The van der Waals surface area contributed by atoms with Gasteiger partial charge in [-0.05, 0) is 75.2 Å². The molecular weight excluding hydrogens is 366 g/mol. The third kappa shape index (κ3) is 6.91. The largest absolute Gasteiger partial charge is 0.484 e. The summed E-state index contributed by atoms with van der Waals surface area (Å²) in [7, 11) is 0. The molecule has 6 heteroatoms.